The molecule has 8 nitrogen and oxygen atoms in total. The number of likely N-dealkylation sites (tertiary alicyclic amines) is 1. The topological polar surface area (TPSA) is 96.5 Å². The summed E-state index contributed by atoms with van der Waals surface area (Å²) in [6.07, 6.45) is 3.73. The number of nitrogens with zero attached hydrogens (tertiary/aromatic N) is 3. The second-order valence-corrected chi connectivity index (χ2v) is 8.69. The molecule has 1 aromatic heterocycles. The number of anilines is 1. The maximum atomic E-state index is 12.2. The molecule has 10 heteroatoms. The number of hydrogen-bond donors (Lipinski definition) is 2. The highest BCUT2D eigenvalue weighted by Gasteiger charge is 2.18. The number of amides is 2. The lowest BCUT2D eigenvalue weighted by Gasteiger charge is -2.33. The van der Waals surface area contributed by atoms with Gasteiger partial charge in [0.25, 0.3) is 5.91 Å². The van der Waals surface area contributed by atoms with Crippen molar-refractivity contribution in [3.63, 3.8) is 0 Å². The minimum Gasteiger partial charge on any atom is -0.364 e. The third kappa shape index (κ3) is 7.02. The van der Waals surface area contributed by atoms with E-state index < -0.39 is 0 Å². The summed E-state index contributed by atoms with van der Waals surface area (Å²) in [7, 11) is 0. The molecule has 30 heavy (non-hydrogen) atoms. The minimum atomic E-state index is -0.370. The zero-order valence-electron chi connectivity index (χ0n) is 16.9. The van der Waals surface area contributed by atoms with Gasteiger partial charge in [-0.3, -0.25) is 14.5 Å². The number of aromatic nitrogens is 2. The molecule has 1 atom stereocenters. The van der Waals surface area contributed by atoms with Crippen LogP contribution in [0.5, 0.6) is 0 Å². The van der Waals surface area contributed by atoms with Gasteiger partial charge in [0.05, 0.1) is 0 Å². The Balaban J connectivity index is 1.34. The van der Waals surface area contributed by atoms with E-state index in [1.165, 1.54) is 19.3 Å². The second-order valence-electron chi connectivity index (χ2n) is 7.19. The quantitative estimate of drug-likeness (QED) is 0.608. The van der Waals surface area contributed by atoms with Crippen molar-refractivity contribution < 1.29 is 14.3 Å². The number of nitrogens with one attached hydrogen (secondary N) is 2. The van der Waals surface area contributed by atoms with Crippen LogP contribution in [0, 0.1) is 0 Å². The normalized spacial score (nSPS) is 16.9. The molecule has 1 saturated heterocycles. The van der Waals surface area contributed by atoms with Crippen molar-refractivity contribution in [2.24, 2.45) is 0 Å². The molecule has 2 aromatic rings. The molecule has 1 unspecified atom stereocenters. The zero-order valence-corrected chi connectivity index (χ0v) is 18.5. The first-order valence-electron chi connectivity index (χ1n) is 9.99. The lowest BCUT2D eigenvalue weighted by Crippen LogP contribution is -2.43. The average Bonchev–Trinajstić information content (AvgIpc) is 3.19. The van der Waals surface area contributed by atoms with E-state index in [9.17, 15) is 9.59 Å². The van der Waals surface area contributed by atoms with E-state index in [1.807, 2.05) is 0 Å². The molecule has 3 rings (SSSR count). The fourth-order valence-electron chi connectivity index (χ4n) is 3.27. The van der Waals surface area contributed by atoms with Crippen LogP contribution in [-0.2, 0) is 16.1 Å². The van der Waals surface area contributed by atoms with Crippen molar-refractivity contribution in [1.82, 2.24) is 20.4 Å². The molecule has 2 heterocycles. The summed E-state index contributed by atoms with van der Waals surface area (Å²) < 4.78 is 5.41. The van der Waals surface area contributed by atoms with Crippen molar-refractivity contribution in [3.8, 4) is 0 Å². The lowest BCUT2D eigenvalue weighted by atomic mass is 10.0. The summed E-state index contributed by atoms with van der Waals surface area (Å²) in [5, 5.41) is 14.7. The molecular weight excluding hydrogens is 426 g/mol. The van der Waals surface area contributed by atoms with Crippen molar-refractivity contribution in [1.29, 1.82) is 0 Å². The molecule has 0 saturated carbocycles. The van der Waals surface area contributed by atoms with Gasteiger partial charge in [-0.05, 0) is 44.5 Å². The first kappa shape index (κ1) is 22.6. The van der Waals surface area contributed by atoms with E-state index in [1.54, 1.807) is 24.3 Å². The zero-order chi connectivity index (χ0) is 21.3. The Hall–Kier alpha value is -2.07. The van der Waals surface area contributed by atoms with E-state index in [0.29, 0.717) is 28.3 Å². The third-order valence-electron chi connectivity index (χ3n) is 4.86. The smallest absolute Gasteiger partial charge is 0.286 e. The standard InChI is InChI=1S/C20H26ClN5O3S/c1-14-5-2-3-9-26(14)10-8-22-17(27)12-29-13-18-24-25-20(30-18)19(28)23-16-7-4-6-15(21)11-16/h4,6-7,11,14H,2-3,5,8-10,12-13H2,1H3,(H,22,27)(H,23,28). The molecule has 1 aromatic carbocycles. The van der Waals surface area contributed by atoms with Crippen LogP contribution in [-0.4, -0.2) is 59.2 Å². The minimum absolute atomic E-state index is 0.0564. The van der Waals surface area contributed by atoms with Gasteiger partial charge in [-0.2, -0.15) is 0 Å². The van der Waals surface area contributed by atoms with Crippen LogP contribution >= 0.6 is 22.9 Å². The van der Waals surface area contributed by atoms with Crippen LogP contribution in [0.4, 0.5) is 5.69 Å². The van der Waals surface area contributed by atoms with E-state index in [0.717, 1.165) is 24.4 Å². The Morgan fingerprint density at radius 1 is 1.33 bits per heavy atom. The summed E-state index contributed by atoms with van der Waals surface area (Å²) in [4.78, 5) is 26.6. The van der Waals surface area contributed by atoms with Crippen LogP contribution < -0.4 is 10.6 Å². The summed E-state index contributed by atoms with van der Waals surface area (Å²) in [6.45, 7) is 4.86. The Morgan fingerprint density at radius 2 is 2.20 bits per heavy atom. The van der Waals surface area contributed by atoms with Gasteiger partial charge >= 0.3 is 0 Å². The monoisotopic (exact) mass is 451 g/mol. The maximum Gasteiger partial charge on any atom is 0.286 e. The summed E-state index contributed by atoms with van der Waals surface area (Å²) in [6, 6.07) is 7.43. The van der Waals surface area contributed by atoms with Crippen LogP contribution in [0.15, 0.2) is 24.3 Å². The number of carbonyl (C=O) groups is 2. The van der Waals surface area contributed by atoms with Crippen molar-refractivity contribution in [3.05, 3.63) is 39.3 Å². The highest BCUT2D eigenvalue weighted by molar-refractivity contribution is 7.13. The number of ether oxygens (including phenoxy) is 1. The average molecular weight is 452 g/mol. The predicted molar refractivity (Wildman–Crippen MR) is 117 cm³/mol. The first-order valence-corrected chi connectivity index (χ1v) is 11.2. The van der Waals surface area contributed by atoms with Gasteiger partial charge < -0.3 is 15.4 Å². The van der Waals surface area contributed by atoms with Gasteiger partial charge in [-0.1, -0.05) is 35.4 Å². The van der Waals surface area contributed by atoms with Crippen molar-refractivity contribution in [2.45, 2.75) is 38.8 Å². The van der Waals surface area contributed by atoms with Gasteiger partial charge in [-0.15, -0.1) is 10.2 Å². The van der Waals surface area contributed by atoms with Crippen LogP contribution in [0.3, 0.4) is 0 Å². The highest BCUT2D eigenvalue weighted by Crippen LogP contribution is 2.18. The summed E-state index contributed by atoms with van der Waals surface area (Å²) in [5.74, 6) is -0.534. The Morgan fingerprint density at radius 3 is 3.00 bits per heavy atom. The largest absolute Gasteiger partial charge is 0.364 e. The third-order valence-corrected chi connectivity index (χ3v) is 5.99. The molecule has 1 aliphatic heterocycles. The van der Waals surface area contributed by atoms with Gasteiger partial charge in [-0.25, -0.2) is 0 Å². The van der Waals surface area contributed by atoms with Crippen molar-refractivity contribution >= 4 is 40.4 Å². The lowest BCUT2D eigenvalue weighted by molar-refractivity contribution is -0.126. The molecule has 0 radical (unpaired) electrons. The maximum absolute atomic E-state index is 12.2. The fraction of sp³-hybridized carbons (Fsp3) is 0.500. The van der Waals surface area contributed by atoms with E-state index >= 15 is 0 Å². The van der Waals surface area contributed by atoms with Gasteiger partial charge in [0.15, 0.2) is 0 Å². The summed E-state index contributed by atoms with van der Waals surface area (Å²) >= 11 is 7.03. The first-order chi connectivity index (χ1) is 14.5. The highest BCUT2D eigenvalue weighted by atomic mass is 35.5. The number of piperidine rings is 1. The summed E-state index contributed by atoms with van der Waals surface area (Å²) in [5.41, 5.74) is 0.580. The molecule has 2 N–H and O–H groups in total. The molecule has 1 aliphatic rings. The fourth-order valence-corrected chi connectivity index (χ4v) is 4.13. The van der Waals surface area contributed by atoms with Crippen LogP contribution in [0.2, 0.25) is 5.02 Å². The SMILES string of the molecule is CC1CCCCN1CCNC(=O)COCc1nnc(C(=O)Nc2cccc(Cl)c2)s1. The Labute approximate surface area is 185 Å². The van der Waals surface area contributed by atoms with Crippen LogP contribution in [0.1, 0.15) is 41.0 Å². The van der Waals surface area contributed by atoms with Gasteiger partial charge in [0, 0.05) is 29.8 Å². The van der Waals surface area contributed by atoms with E-state index in [4.69, 9.17) is 16.3 Å². The molecule has 162 valence electrons. The number of benzene rings is 1. The van der Waals surface area contributed by atoms with Gasteiger partial charge in [0.2, 0.25) is 10.9 Å². The number of halogens is 1. The molecule has 0 spiro atoms. The van der Waals surface area contributed by atoms with Crippen molar-refractivity contribution in [2.75, 3.05) is 31.6 Å². The number of carbonyl (C=O) groups excluding carboxylic acids is 2. The predicted octanol–water partition coefficient (Wildman–Crippen LogP) is 2.95. The number of rotatable bonds is 9. The Kier molecular flexibility index (Phi) is 8.56. The van der Waals surface area contributed by atoms with E-state index in [-0.39, 0.29) is 30.0 Å². The molecule has 1 fully saturated rings. The molecule has 2 amide bonds. The van der Waals surface area contributed by atoms with Gasteiger partial charge in [0.1, 0.15) is 18.2 Å². The number of hydrogen-bond acceptors (Lipinski definition) is 7. The van der Waals surface area contributed by atoms with E-state index in [2.05, 4.69) is 32.7 Å². The molecule has 0 aliphatic carbocycles. The Bertz CT molecular complexity index is 862. The molecular formula is C20H26ClN5O3S. The van der Waals surface area contributed by atoms with Crippen LogP contribution in [0.25, 0.3) is 0 Å². The second kappa shape index (κ2) is 11.4. The molecule has 0 bridgehead atoms.